The van der Waals surface area contributed by atoms with Gasteiger partial charge in [-0.1, -0.05) is 119 Å². The molecule has 0 heterocycles. The van der Waals surface area contributed by atoms with Crippen molar-refractivity contribution < 1.29 is 37.3 Å². The Hall–Kier alpha value is -2.06. The van der Waals surface area contributed by atoms with Crippen LogP contribution in [0.1, 0.15) is 117 Å². The van der Waals surface area contributed by atoms with Gasteiger partial charge in [-0.3, -0.25) is 13.8 Å². The summed E-state index contributed by atoms with van der Waals surface area (Å²) in [4.78, 5) is 22.7. The Morgan fingerprint density at radius 1 is 0.653 bits per heavy atom. The number of ether oxygens (including phenoxy) is 2. The van der Waals surface area contributed by atoms with Crippen molar-refractivity contribution in [3.63, 3.8) is 0 Å². The van der Waals surface area contributed by atoms with Crippen molar-refractivity contribution in [2.75, 3.05) is 54.1 Å². The van der Waals surface area contributed by atoms with Crippen LogP contribution in [0.25, 0.3) is 0 Å². The van der Waals surface area contributed by atoms with Crippen LogP contribution in [0.4, 0.5) is 0 Å². The number of hydrogen-bond donors (Lipinski definition) is 1. The third-order valence-electron chi connectivity index (χ3n) is 7.28. The van der Waals surface area contributed by atoms with Crippen LogP contribution >= 0.6 is 7.82 Å². The fraction of sp³-hybridized carbons (Fsp3) is 0.675. The molecule has 0 saturated heterocycles. The molecular formula is C40H71NO7P+. The first-order valence-corrected chi connectivity index (χ1v) is 20.2. The molecule has 0 aliphatic rings. The lowest BCUT2D eigenvalue weighted by molar-refractivity contribution is -0.870. The summed E-state index contributed by atoms with van der Waals surface area (Å²) >= 11 is 0. The van der Waals surface area contributed by atoms with E-state index >= 15 is 0 Å². The van der Waals surface area contributed by atoms with Gasteiger partial charge in [-0.15, -0.1) is 0 Å². The van der Waals surface area contributed by atoms with E-state index < -0.39 is 13.9 Å². The molecule has 2 unspecified atom stereocenters. The molecule has 2 atom stereocenters. The summed E-state index contributed by atoms with van der Waals surface area (Å²) < 4.78 is 34.6. The van der Waals surface area contributed by atoms with Crippen LogP contribution in [0.15, 0.2) is 72.9 Å². The van der Waals surface area contributed by atoms with Gasteiger partial charge >= 0.3 is 13.8 Å². The predicted molar refractivity (Wildman–Crippen MR) is 205 cm³/mol. The van der Waals surface area contributed by atoms with E-state index in [9.17, 15) is 14.3 Å². The van der Waals surface area contributed by atoms with Gasteiger partial charge in [0.05, 0.1) is 34.4 Å². The number of phosphoric acid groups is 1. The topological polar surface area (TPSA) is 91.3 Å². The lowest BCUT2D eigenvalue weighted by Crippen LogP contribution is -2.37. The number of carbonyl (C=O) groups excluding carboxylic acids is 1. The summed E-state index contributed by atoms with van der Waals surface area (Å²) in [6.07, 6.45) is 41.0. The van der Waals surface area contributed by atoms with E-state index in [2.05, 4.69) is 86.8 Å². The van der Waals surface area contributed by atoms with Gasteiger partial charge in [0.2, 0.25) is 0 Å². The molecule has 0 amide bonds. The average Bonchev–Trinajstić information content (AvgIpc) is 3.04. The highest BCUT2D eigenvalue weighted by atomic mass is 31.2. The van der Waals surface area contributed by atoms with Gasteiger partial charge in [-0.2, -0.15) is 0 Å². The van der Waals surface area contributed by atoms with Gasteiger partial charge in [0.25, 0.3) is 0 Å². The monoisotopic (exact) mass is 708 g/mol. The Bertz CT molecular complexity index is 1010. The number of hydrogen-bond acceptors (Lipinski definition) is 6. The Kier molecular flexibility index (Phi) is 31.7. The van der Waals surface area contributed by atoms with Crippen molar-refractivity contribution in [1.29, 1.82) is 0 Å². The molecule has 0 aliphatic carbocycles. The number of quaternary nitrogens is 1. The van der Waals surface area contributed by atoms with Crippen LogP contribution in [0.3, 0.4) is 0 Å². The smallest absolute Gasteiger partial charge is 0.457 e. The zero-order chi connectivity index (χ0) is 36.3. The maximum absolute atomic E-state index is 12.6. The first-order valence-electron chi connectivity index (χ1n) is 18.7. The number of rotatable bonds is 33. The van der Waals surface area contributed by atoms with E-state index in [1.54, 1.807) is 0 Å². The molecule has 0 aromatic rings. The molecule has 49 heavy (non-hydrogen) atoms. The first-order chi connectivity index (χ1) is 23.6. The molecule has 282 valence electrons. The number of phosphoric ester groups is 1. The van der Waals surface area contributed by atoms with Crippen LogP contribution in [0, 0.1) is 0 Å². The SMILES string of the molecule is CC/C=C\C/C=C\C/C=C\C/C=C\C/C=C\C/C=C\CCCCC(=O)OC(COCCCCCCCC)COP(=O)(O)OCC[N+](C)(C)C. The lowest BCUT2D eigenvalue weighted by Gasteiger charge is -2.24. The summed E-state index contributed by atoms with van der Waals surface area (Å²) in [5.74, 6) is -0.363. The predicted octanol–water partition coefficient (Wildman–Crippen LogP) is 10.4. The second kappa shape index (κ2) is 33.1. The number of allylic oxidation sites excluding steroid dienone is 12. The maximum atomic E-state index is 12.6. The number of carbonyl (C=O) groups is 1. The summed E-state index contributed by atoms with van der Waals surface area (Å²) in [5, 5.41) is 0. The molecule has 0 aromatic heterocycles. The highest BCUT2D eigenvalue weighted by molar-refractivity contribution is 7.47. The van der Waals surface area contributed by atoms with Gasteiger partial charge in [-0.25, -0.2) is 4.57 Å². The fourth-order valence-electron chi connectivity index (χ4n) is 4.38. The Balaban J connectivity index is 4.30. The quantitative estimate of drug-likeness (QED) is 0.0239. The van der Waals surface area contributed by atoms with Crippen LogP contribution in [-0.2, 0) is 27.9 Å². The van der Waals surface area contributed by atoms with E-state index in [-0.39, 0.29) is 32.2 Å². The van der Waals surface area contributed by atoms with E-state index in [0.717, 1.165) is 64.2 Å². The van der Waals surface area contributed by atoms with Gasteiger partial charge < -0.3 is 18.9 Å². The summed E-state index contributed by atoms with van der Waals surface area (Å²) in [7, 11) is 1.62. The van der Waals surface area contributed by atoms with E-state index in [1.807, 2.05) is 21.1 Å². The van der Waals surface area contributed by atoms with Crippen LogP contribution < -0.4 is 0 Å². The molecular weight excluding hydrogens is 637 g/mol. The Labute approximate surface area is 300 Å². The van der Waals surface area contributed by atoms with Crippen LogP contribution in [-0.4, -0.2) is 75.6 Å². The minimum absolute atomic E-state index is 0.0764. The number of likely N-dealkylation sites (N-methyl/N-ethyl adjacent to an activating group) is 1. The van der Waals surface area contributed by atoms with E-state index in [0.29, 0.717) is 24.1 Å². The number of esters is 1. The molecule has 0 aliphatic heterocycles. The second-order valence-electron chi connectivity index (χ2n) is 13.2. The highest BCUT2D eigenvalue weighted by Gasteiger charge is 2.26. The van der Waals surface area contributed by atoms with E-state index in [1.165, 1.54) is 25.7 Å². The lowest BCUT2D eigenvalue weighted by atomic mass is 10.1. The molecule has 0 radical (unpaired) electrons. The summed E-state index contributed by atoms with van der Waals surface area (Å²) in [5.41, 5.74) is 0. The Morgan fingerprint density at radius 3 is 1.73 bits per heavy atom. The van der Waals surface area contributed by atoms with Crippen molar-refractivity contribution in [3.8, 4) is 0 Å². The van der Waals surface area contributed by atoms with Crippen molar-refractivity contribution >= 4 is 13.8 Å². The minimum atomic E-state index is -4.27. The standard InChI is InChI=1S/C40H70NO7P/c1-6-8-10-12-14-15-16-17-18-19-20-21-22-23-24-25-26-27-28-29-31-33-40(42)48-39(37-45-35-32-30-13-11-9-7-2)38-47-49(43,44)46-36-34-41(3,4)5/h8,10,14-15,17-18,20-21,23-24,26-27,39H,6-7,9,11-13,16,19,22,25,28-38H2,1-5H3/p+1/b10-8-,15-14-,18-17-,21-20-,24-23-,27-26-. The molecule has 0 bridgehead atoms. The molecule has 1 N–H and O–H groups in total. The van der Waals surface area contributed by atoms with Crippen molar-refractivity contribution in [2.45, 2.75) is 123 Å². The highest BCUT2D eigenvalue weighted by Crippen LogP contribution is 2.43. The summed E-state index contributed by atoms with van der Waals surface area (Å²) in [6.45, 7) is 5.36. The second-order valence-corrected chi connectivity index (χ2v) is 14.7. The van der Waals surface area contributed by atoms with Gasteiger partial charge in [-0.05, 0) is 64.2 Å². The van der Waals surface area contributed by atoms with Crippen molar-refractivity contribution in [2.24, 2.45) is 0 Å². The van der Waals surface area contributed by atoms with Crippen LogP contribution in [0.5, 0.6) is 0 Å². The third-order valence-corrected chi connectivity index (χ3v) is 8.27. The third kappa shape index (κ3) is 37.0. The molecule has 0 spiro atoms. The van der Waals surface area contributed by atoms with E-state index in [4.69, 9.17) is 18.5 Å². The van der Waals surface area contributed by atoms with Crippen molar-refractivity contribution in [1.82, 2.24) is 0 Å². The molecule has 8 nitrogen and oxygen atoms in total. The van der Waals surface area contributed by atoms with Crippen LogP contribution in [0.2, 0.25) is 0 Å². The normalized spacial score (nSPS) is 14.8. The van der Waals surface area contributed by atoms with Crippen molar-refractivity contribution in [3.05, 3.63) is 72.9 Å². The Morgan fingerprint density at radius 2 is 1.18 bits per heavy atom. The first kappa shape index (κ1) is 46.9. The number of unbranched alkanes of at least 4 members (excludes halogenated alkanes) is 7. The minimum Gasteiger partial charge on any atom is -0.457 e. The molecule has 0 saturated carbocycles. The molecule has 0 fully saturated rings. The zero-order valence-corrected chi connectivity index (χ0v) is 32.5. The fourth-order valence-corrected chi connectivity index (χ4v) is 5.12. The van der Waals surface area contributed by atoms with Gasteiger partial charge in [0, 0.05) is 13.0 Å². The molecule has 0 rings (SSSR count). The maximum Gasteiger partial charge on any atom is 0.472 e. The average molecular weight is 709 g/mol. The van der Waals surface area contributed by atoms with Gasteiger partial charge in [0.15, 0.2) is 0 Å². The largest absolute Gasteiger partial charge is 0.472 e. The number of nitrogens with zero attached hydrogens (tertiary/aromatic N) is 1. The van der Waals surface area contributed by atoms with Gasteiger partial charge in [0.1, 0.15) is 19.3 Å². The molecule has 0 aromatic carbocycles. The zero-order valence-electron chi connectivity index (χ0n) is 31.6. The molecule has 9 heteroatoms. The summed E-state index contributed by atoms with van der Waals surface area (Å²) in [6, 6.07) is 0.